The summed E-state index contributed by atoms with van der Waals surface area (Å²) in [5.74, 6) is -1.32. The van der Waals surface area contributed by atoms with Crippen LogP contribution in [0.15, 0.2) is 42.6 Å². The summed E-state index contributed by atoms with van der Waals surface area (Å²) in [6.07, 6.45) is 1.44. The lowest BCUT2D eigenvalue weighted by Crippen LogP contribution is -2.37. The molecule has 21 heavy (non-hydrogen) atoms. The first-order chi connectivity index (χ1) is 9.99. The number of ketones is 1. The van der Waals surface area contributed by atoms with Crippen LogP contribution in [0.2, 0.25) is 0 Å². The van der Waals surface area contributed by atoms with E-state index in [9.17, 15) is 14.4 Å². The third-order valence-electron chi connectivity index (χ3n) is 3.03. The molecule has 0 saturated carbocycles. The zero-order chi connectivity index (χ0) is 15.4. The minimum absolute atomic E-state index is 0.153. The van der Waals surface area contributed by atoms with E-state index in [1.54, 1.807) is 30.3 Å². The summed E-state index contributed by atoms with van der Waals surface area (Å²) in [6, 6.07) is 9.20. The van der Waals surface area contributed by atoms with Crippen molar-refractivity contribution in [2.24, 2.45) is 5.73 Å². The van der Waals surface area contributed by atoms with E-state index in [1.165, 1.54) is 19.2 Å². The van der Waals surface area contributed by atoms with Crippen molar-refractivity contribution in [1.82, 2.24) is 10.3 Å². The SMILES string of the molecule is CC(=O)c1c[nH]c(C(=O)NC(C(N)=O)c2ccccc2)c1. The summed E-state index contributed by atoms with van der Waals surface area (Å²) >= 11 is 0. The highest BCUT2D eigenvalue weighted by molar-refractivity contribution is 6.00. The Morgan fingerprint density at radius 1 is 1.19 bits per heavy atom. The standard InChI is InChI=1S/C15H15N3O3/c1-9(19)11-7-12(17-8-11)15(21)18-13(14(16)20)10-5-3-2-4-6-10/h2-8,13,17H,1H3,(H2,16,20)(H,18,21). The van der Waals surface area contributed by atoms with Gasteiger partial charge in [0.25, 0.3) is 5.91 Å². The summed E-state index contributed by atoms with van der Waals surface area (Å²) in [6.45, 7) is 1.40. The molecule has 0 radical (unpaired) electrons. The second-order valence-electron chi connectivity index (χ2n) is 4.58. The summed E-state index contributed by atoms with van der Waals surface area (Å²) in [5, 5.41) is 2.55. The molecule has 0 aliphatic rings. The van der Waals surface area contributed by atoms with Crippen LogP contribution < -0.4 is 11.1 Å². The number of primary amides is 1. The lowest BCUT2D eigenvalue weighted by atomic mass is 10.1. The number of aromatic nitrogens is 1. The minimum Gasteiger partial charge on any atom is -0.368 e. The number of Topliss-reactive ketones (excluding diaryl/α,β-unsaturated/α-hetero) is 1. The molecule has 2 aromatic rings. The number of hydrogen-bond acceptors (Lipinski definition) is 3. The van der Waals surface area contributed by atoms with Crippen LogP contribution in [0.4, 0.5) is 0 Å². The molecule has 2 amide bonds. The van der Waals surface area contributed by atoms with Crippen LogP contribution in [0, 0.1) is 0 Å². The van der Waals surface area contributed by atoms with Crippen LogP contribution in [-0.2, 0) is 4.79 Å². The molecular weight excluding hydrogens is 270 g/mol. The molecule has 0 spiro atoms. The smallest absolute Gasteiger partial charge is 0.268 e. The Morgan fingerprint density at radius 2 is 1.86 bits per heavy atom. The number of carbonyl (C=O) groups is 3. The molecule has 1 aromatic heterocycles. The fourth-order valence-electron chi connectivity index (χ4n) is 1.90. The second-order valence-corrected chi connectivity index (χ2v) is 4.58. The van der Waals surface area contributed by atoms with Crippen LogP contribution in [-0.4, -0.2) is 22.6 Å². The molecule has 0 saturated heterocycles. The molecule has 1 unspecified atom stereocenters. The van der Waals surface area contributed by atoms with Gasteiger partial charge in [-0.2, -0.15) is 0 Å². The third-order valence-corrected chi connectivity index (χ3v) is 3.03. The van der Waals surface area contributed by atoms with E-state index in [-0.39, 0.29) is 11.5 Å². The van der Waals surface area contributed by atoms with Gasteiger partial charge in [0, 0.05) is 11.8 Å². The van der Waals surface area contributed by atoms with Gasteiger partial charge in [0.2, 0.25) is 5.91 Å². The Labute approximate surface area is 121 Å². The van der Waals surface area contributed by atoms with Crippen LogP contribution in [0.1, 0.15) is 39.4 Å². The maximum atomic E-state index is 12.1. The summed E-state index contributed by atoms with van der Waals surface area (Å²) in [4.78, 5) is 37.5. The van der Waals surface area contributed by atoms with Gasteiger partial charge in [0.1, 0.15) is 11.7 Å². The first-order valence-electron chi connectivity index (χ1n) is 6.33. The molecule has 0 aliphatic carbocycles. The van der Waals surface area contributed by atoms with Crippen molar-refractivity contribution < 1.29 is 14.4 Å². The van der Waals surface area contributed by atoms with Gasteiger partial charge in [-0.25, -0.2) is 0 Å². The van der Waals surface area contributed by atoms with Crippen LogP contribution >= 0.6 is 0 Å². The third kappa shape index (κ3) is 3.36. The number of benzene rings is 1. The Morgan fingerprint density at radius 3 is 2.38 bits per heavy atom. The maximum absolute atomic E-state index is 12.1. The van der Waals surface area contributed by atoms with Crippen LogP contribution in [0.5, 0.6) is 0 Å². The van der Waals surface area contributed by atoms with Gasteiger partial charge in [0.15, 0.2) is 5.78 Å². The van der Waals surface area contributed by atoms with E-state index < -0.39 is 17.9 Å². The van der Waals surface area contributed by atoms with Gasteiger partial charge in [-0.15, -0.1) is 0 Å². The van der Waals surface area contributed by atoms with E-state index >= 15 is 0 Å². The Kier molecular flexibility index (Phi) is 4.18. The van der Waals surface area contributed by atoms with Gasteiger partial charge in [-0.1, -0.05) is 30.3 Å². The Balaban J connectivity index is 2.19. The van der Waals surface area contributed by atoms with Crippen molar-refractivity contribution in [3.05, 3.63) is 59.4 Å². The fraction of sp³-hybridized carbons (Fsp3) is 0.133. The van der Waals surface area contributed by atoms with Crippen molar-refractivity contribution in [1.29, 1.82) is 0 Å². The zero-order valence-electron chi connectivity index (χ0n) is 11.4. The number of nitrogens with one attached hydrogen (secondary N) is 2. The number of amides is 2. The average molecular weight is 285 g/mol. The molecule has 1 aromatic carbocycles. The number of rotatable bonds is 5. The number of H-pyrrole nitrogens is 1. The predicted molar refractivity (Wildman–Crippen MR) is 76.6 cm³/mol. The number of nitrogens with two attached hydrogens (primary N) is 1. The van der Waals surface area contributed by atoms with E-state index in [0.29, 0.717) is 11.1 Å². The molecule has 0 aliphatic heterocycles. The predicted octanol–water partition coefficient (Wildman–Crippen LogP) is 1.17. The number of aromatic amines is 1. The topological polar surface area (TPSA) is 105 Å². The molecule has 6 nitrogen and oxygen atoms in total. The minimum atomic E-state index is -0.928. The van der Waals surface area contributed by atoms with E-state index in [4.69, 9.17) is 5.73 Å². The van der Waals surface area contributed by atoms with Crippen molar-refractivity contribution in [2.75, 3.05) is 0 Å². The quantitative estimate of drug-likeness (QED) is 0.718. The first kappa shape index (κ1) is 14.5. The second kappa shape index (κ2) is 6.04. The average Bonchev–Trinajstić information content (AvgIpc) is 2.95. The van der Waals surface area contributed by atoms with Crippen molar-refractivity contribution in [2.45, 2.75) is 13.0 Å². The van der Waals surface area contributed by atoms with E-state index in [0.717, 1.165) is 0 Å². The van der Waals surface area contributed by atoms with Gasteiger partial charge in [0.05, 0.1) is 0 Å². The molecule has 108 valence electrons. The highest BCUT2D eigenvalue weighted by Gasteiger charge is 2.21. The normalized spacial score (nSPS) is 11.7. The van der Waals surface area contributed by atoms with E-state index in [2.05, 4.69) is 10.3 Å². The van der Waals surface area contributed by atoms with Gasteiger partial charge < -0.3 is 16.0 Å². The van der Waals surface area contributed by atoms with Gasteiger partial charge >= 0.3 is 0 Å². The summed E-state index contributed by atoms with van der Waals surface area (Å²) < 4.78 is 0. The van der Waals surface area contributed by atoms with E-state index in [1.807, 2.05) is 0 Å². The van der Waals surface area contributed by atoms with Gasteiger partial charge in [-0.05, 0) is 18.6 Å². The Hall–Kier alpha value is -2.89. The maximum Gasteiger partial charge on any atom is 0.268 e. The number of carbonyl (C=O) groups excluding carboxylic acids is 3. The van der Waals surface area contributed by atoms with Crippen molar-refractivity contribution in [3.63, 3.8) is 0 Å². The molecule has 0 fully saturated rings. The lowest BCUT2D eigenvalue weighted by molar-refractivity contribution is -0.120. The molecule has 6 heteroatoms. The molecule has 1 heterocycles. The number of hydrogen-bond donors (Lipinski definition) is 3. The van der Waals surface area contributed by atoms with Crippen molar-refractivity contribution >= 4 is 17.6 Å². The zero-order valence-corrected chi connectivity index (χ0v) is 11.4. The highest BCUT2D eigenvalue weighted by Crippen LogP contribution is 2.13. The molecule has 2 rings (SSSR count). The monoisotopic (exact) mass is 285 g/mol. The van der Waals surface area contributed by atoms with Crippen LogP contribution in [0.3, 0.4) is 0 Å². The largest absolute Gasteiger partial charge is 0.368 e. The Bertz CT molecular complexity index is 676. The molecule has 4 N–H and O–H groups in total. The molecule has 0 bridgehead atoms. The first-order valence-corrected chi connectivity index (χ1v) is 6.33. The summed E-state index contributed by atoms with van der Waals surface area (Å²) in [7, 11) is 0. The van der Waals surface area contributed by atoms with Crippen molar-refractivity contribution in [3.8, 4) is 0 Å². The van der Waals surface area contributed by atoms with Crippen LogP contribution in [0.25, 0.3) is 0 Å². The highest BCUT2D eigenvalue weighted by atomic mass is 16.2. The fourth-order valence-corrected chi connectivity index (χ4v) is 1.90. The van der Waals surface area contributed by atoms with Gasteiger partial charge in [-0.3, -0.25) is 14.4 Å². The molecular formula is C15H15N3O3. The summed E-state index contributed by atoms with van der Waals surface area (Å²) in [5.41, 5.74) is 6.52. The lowest BCUT2D eigenvalue weighted by Gasteiger charge is -2.15. The molecule has 1 atom stereocenters.